The van der Waals surface area contributed by atoms with E-state index in [1.165, 1.54) is 25.3 Å². The van der Waals surface area contributed by atoms with Crippen molar-refractivity contribution < 1.29 is 23.8 Å². The van der Waals surface area contributed by atoms with Crippen molar-refractivity contribution in [2.24, 2.45) is 0 Å². The molecule has 0 aliphatic heterocycles. The van der Waals surface area contributed by atoms with Gasteiger partial charge >= 0.3 is 5.97 Å². The summed E-state index contributed by atoms with van der Waals surface area (Å²) in [6, 6.07) is 13.6. The van der Waals surface area contributed by atoms with E-state index in [0.29, 0.717) is 16.9 Å². The van der Waals surface area contributed by atoms with Crippen LogP contribution in [0.15, 0.2) is 54.6 Å². The molecule has 1 atom stereocenters. The Balaban J connectivity index is 1.93. The maximum absolute atomic E-state index is 13.9. The number of amides is 1. The molecule has 8 heteroatoms. The molecular formula is C23H20ClFN2O4. The van der Waals surface area contributed by atoms with Gasteiger partial charge in [0, 0.05) is 5.56 Å². The molecule has 160 valence electrons. The Hall–Kier alpha value is -3.45. The molecule has 1 amide bonds. The normalized spacial score (nSPS) is 11.6. The molecule has 3 aromatic rings. The molecule has 1 aromatic heterocycles. The molecule has 1 heterocycles. The number of aryl methyl sites for hydroxylation is 1. The van der Waals surface area contributed by atoms with Crippen LogP contribution < -0.4 is 10.1 Å². The van der Waals surface area contributed by atoms with Crippen molar-refractivity contribution in [2.75, 3.05) is 7.11 Å². The number of halogens is 2. The summed E-state index contributed by atoms with van der Waals surface area (Å²) >= 11 is 5.75. The van der Waals surface area contributed by atoms with E-state index in [2.05, 4.69) is 10.3 Å². The van der Waals surface area contributed by atoms with Crippen molar-refractivity contribution in [3.05, 3.63) is 82.3 Å². The first-order valence-electron chi connectivity index (χ1n) is 9.38. The monoisotopic (exact) mass is 442 g/mol. The minimum absolute atomic E-state index is 0.0358. The van der Waals surface area contributed by atoms with Gasteiger partial charge in [-0.2, -0.15) is 0 Å². The van der Waals surface area contributed by atoms with E-state index in [1.54, 1.807) is 24.3 Å². The van der Waals surface area contributed by atoms with Crippen LogP contribution in [0.1, 0.15) is 34.1 Å². The predicted molar refractivity (Wildman–Crippen MR) is 115 cm³/mol. The van der Waals surface area contributed by atoms with Gasteiger partial charge in [0.2, 0.25) is 0 Å². The second-order valence-corrected chi connectivity index (χ2v) is 7.32. The first-order valence-corrected chi connectivity index (χ1v) is 9.76. The van der Waals surface area contributed by atoms with Crippen LogP contribution in [0.25, 0.3) is 11.3 Å². The Morgan fingerprint density at radius 2 is 1.87 bits per heavy atom. The second-order valence-electron chi connectivity index (χ2n) is 6.91. The molecule has 31 heavy (non-hydrogen) atoms. The summed E-state index contributed by atoms with van der Waals surface area (Å²) in [5.41, 5.74) is 2.36. The number of hydrogen-bond donors (Lipinski definition) is 2. The molecule has 3 rings (SSSR count). The molecule has 2 aromatic carbocycles. The number of hydrogen-bond acceptors (Lipinski definition) is 4. The summed E-state index contributed by atoms with van der Waals surface area (Å²) < 4.78 is 19.2. The van der Waals surface area contributed by atoms with Crippen molar-refractivity contribution in [1.82, 2.24) is 10.3 Å². The lowest BCUT2D eigenvalue weighted by Gasteiger charge is -2.18. The molecule has 1 unspecified atom stereocenters. The number of carboxylic acids is 1. The van der Waals surface area contributed by atoms with Gasteiger partial charge in [0.05, 0.1) is 24.6 Å². The number of aliphatic carboxylic acids is 1. The third kappa shape index (κ3) is 5.38. The zero-order valence-corrected chi connectivity index (χ0v) is 17.6. The molecule has 2 N–H and O–H groups in total. The minimum atomic E-state index is -1.05. The van der Waals surface area contributed by atoms with Crippen LogP contribution in [-0.2, 0) is 4.79 Å². The molecule has 0 saturated carbocycles. The van der Waals surface area contributed by atoms with Gasteiger partial charge in [-0.15, -0.1) is 0 Å². The Bertz CT molecular complexity index is 1120. The van der Waals surface area contributed by atoms with E-state index in [-0.39, 0.29) is 22.8 Å². The fraction of sp³-hybridized carbons (Fsp3) is 0.174. The molecule has 0 bridgehead atoms. The van der Waals surface area contributed by atoms with Crippen molar-refractivity contribution >= 4 is 23.5 Å². The number of nitrogens with zero attached hydrogens (tertiary/aromatic N) is 1. The van der Waals surface area contributed by atoms with Gasteiger partial charge in [-0.1, -0.05) is 47.5 Å². The fourth-order valence-electron chi connectivity index (χ4n) is 3.05. The van der Waals surface area contributed by atoms with E-state index in [1.807, 2.05) is 19.1 Å². The van der Waals surface area contributed by atoms with Gasteiger partial charge in [0.15, 0.2) is 0 Å². The van der Waals surface area contributed by atoms with Crippen LogP contribution >= 0.6 is 11.6 Å². The Labute approximate surface area is 183 Å². The first kappa shape index (κ1) is 22.2. The van der Waals surface area contributed by atoms with Gasteiger partial charge in [-0.25, -0.2) is 9.37 Å². The molecular weight excluding hydrogens is 423 g/mol. The van der Waals surface area contributed by atoms with Crippen molar-refractivity contribution in [3.63, 3.8) is 0 Å². The number of carbonyl (C=O) groups is 2. The number of methoxy groups -OCH3 is 1. The zero-order valence-electron chi connectivity index (χ0n) is 16.9. The van der Waals surface area contributed by atoms with Gasteiger partial charge in [-0.05, 0) is 36.8 Å². The van der Waals surface area contributed by atoms with Gasteiger partial charge in [0.25, 0.3) is 5.91 Å². The van der Waals surface area contributed by atoms with E-state index >= 15 is 0 Å². The zero-order chi connectivity index (χ0) is 22.5. The second kappa shape index (κ2) is 9.57. The maximum atomic E-state index is 13.9. The lowest BCUT2D eigenvalue weighted by atomic mass is 10.0. The lowest BCUT2D eigenvalue weighted by Crippen LogP contribution is -2.30. The summed E-state index contributed by atoms with van der Waals surface area (Å²) in [4.78, 5) is 28.5. The standard InChI is InChI=1S/C23H20ClFN2O4/c1-13-3-5-14(6-4-13)19(12-21(28)29)27-23(30)18-9-10-20(31-2)22(26-18)15-7-8-16(24)17(25)11-15/h3-11,19H,12H2,1-2H3,(H,27,30)(H,28,29). The summed E-state index contributed by atoms with van der Waals surface area (Å²) in [5.74, 6) is -1.89. The summed E-state index contributed by atoms with van der Waals surface area (Å²) in [6.07, 6.45) is -0.291. The van der Waals surface area contributed by atoms with E-state index in [0.717, 1.165) is 5.56 Å². The topological polar surface area (TPSA) is 88.5 Å². The van der Waals surface area contributed by atoms with Crippen molar-refractivity contribution in [2.45, 2.75) is 19.4 Å². The third-order valence-corrected chi connectivity index (χ3v) is 4.97. The Kier molecular flexibility index (Phi) is 6.87. The van der Waals surface area contributed by atoms with Crippen LogP contribution in [-0.4, -0.2) is 29.1 Å². The fourth-order valence-corrected chi connectivity index (χ4v) is 3.16. The molecule has 0 fully saturated rings. The molecule has 0 aliphatic rings. The number of benzene rings is 2. The number of ether oxygens (including phenoxy) is 1. The molecule has 0 saturated heterocycles. The highest BCUT2D eigenvalue weighted by molar-refractivity contribution is 6.30. The number of aromatic nitrogens is 1. The van der Waals surface area contributed by atoms with E-state index < -0.39 is 23.7 Å². The highest BCUT2D eigenvalue weighted by Crippen LogP contribution is 2.30. The SMILES string of the molecule is COc1ccc(C(=O)NC(CC(=O)O)c2ccc(C)cc2)nc1-c1ccc(Cl)c(F)c1. The average molecular weight is 443 g/mol. The molecule has 0 aliphatic carbocycles. The maximum Gasteiger partial charge on any atom is 0.305 e. The average Bonchev–Trinajstić information content (AvgIpc) is 2.75. The van der Waals surface area contributed by atoms with E-state index in [9.17, 15) is 19.1 Å². The smallest absolute Gasteiger partial charge is 0.305 e. The minimum Gasteiger partial charge on any atom is -0.494 e. The van der Waals surface area contributed by atoms with Crippen LogP contribution in [0.4, 0.5) is 4.39 Å². The molecule has 0 spiro atoms. The number of carbonyl (C=O) groups excluding carboxylic acids is 1. The van der Waals surface area contributed by atoms with Gasteiger partial charge in [0.1, 0.15) is 23.0 Å². The van der Waals surface area contributed by atoms with E-state index in [4.69, 9.17) is 16.3 Å². The lowest BCUT2D eigenvalue weighted by molar-refractivity contribution is -0.137. The first-order chi connectivity index (χ1) is 14.8. The van der Waals surface area contributed by atoms with Crippen LogP contribution in [0.5, 0.6) is 5.75 Å². The highest BCUT2D eigenvalue weighted by atomic mass is 35.5. The number of nitrogens with one attached hydrogen (secondary N) is 1. The van der Waals surface area contributed by atoms with Crippen molar-refractivity contribution in [1.29, 1.82) is 0 Å². The predicted octanol–water partition coefficient (Wildman–Crippen LogP) is 4.80. The number of carboxylic acid groups (broad SMARTS) is 1. The number of rotatable bonds is 7. The van der Waals surface area contributed by atoms with Crippen molar-refractivity contribution in [3.8, 4) is 17.0 Å². The Morgan fingerprint density at radius 3 is 2.48 bits per heavy atom. The van der Waals surface area contributed by atoms with Crippen LogP contribution in [0.3, 0.4) is 0 Å². The van der Waals surface area contributed by atoms with Crippen LogP contribution in [0.2, 0.25) is 5.02 Å². The van der Waals surface area contributed by atoms with Gasteiger partial charge < -0.3 is 15.2 Å². The number of pyridine rings is 1. The molecule has 6 nitrogen and oxygen atoms in total. The van der Waals surface area contributed by atoms with Crippen LogP contribution in [0, 0.1) is 12.7 Å². The quantitative estimate of drug-likeness (QED) is 0.548. The summed E-state index contributed by atoms with van der Waals surface area (Å²) in [5, 5.41) is 11.9. The molecule has 0 radical (unpaired) electrons. The summed E-state index contributed by atoms with van der Waals surface area (Å²) in [6.45, 7) is 1.91. The third-order valence-electron chi connectivity index (χ3n) is 4.67. The summed E-state index contributed by atoms with van der Waals surface area (Å²) in [7, 11) is 1.44. The largest absolute Gasteiger partial charge is 0.494 e. The highest BCUT2D eigenvalue weighted by Gasteiger charge is 2.21. The Morgan fingerprint density at radius 1 is 1.16 bits per heavy atom. The van der Waals surface area contributed by atoms with Gasteiger partial charge in [-0.3, -0.25) is 9.59 Å².